The van der Waals surface area contributed by atoms with Crippen LogP contribution in [0.3, 0.4) is 0 Å². The summed E-state index contributed by atoms with van der Waals surface area (Å²) in [5, 5.41) is 9.31. The standard InChI is InChI=1S/C12H16FNO2/c1-14(6-12(7-15)8-16-9-12)11-4-2-10(13)3-5-11/h2-5,15H,6-9H2,1H3. The highest BCUT2D eigenvalue weighted by atomic mass is 19.1. The second kappa shape index (κ2) is 4.39. The van der Waals surface area contributed by atoms with Crippen molar-refractivity contribution >= 4 is 5.69 Å². The Kier molecular flexibility index (Phi) is 3.12. The minimum atomic E-state index is -0.235. The highest BCUT2D eigenvalue weighted by Crippen LogP contribution is 2.29. The first-order chi connectivity index (χ1) is 7.65. The normalized spacial score (nSPS) is 17.9. The maximum Gasteiger partial charge on any atom is 0.123 e. The summed E-state index contributed by atoms with van der Waals surface area (Å²) in [6.45, 7) is 2.03. The third kappa shape index (κ3) is 2.18. The molecule has 0 radical (unpaired) electrons. The van der Waals surface area contributed by atoms with Gasteiger partial charge in [0.05, 0.1) is 25.2 Å². The van der Waals surface area contributed by atoms with Crippen LogP contribution in [0.2, 0.25) is 0 Å². The lowest BCUT2D eigenvalue weighted by molar-refractivity contribution is -0.130. The molecule has 1 aliphatic rings. The molecule has 4 heteroatoms. The Morgan fingerprint density at radius 3 is 2.44 bits per heavy atom. The van der Waals surface area contributed by atoms with Crippen LogP contribution in [-0.2, 0) is 4.74 Å². The summed E-state index contributed by atoms with van der Waals surface area (Å²) in [5.41, 5.74) is 0.796. The van der Waals surface area contributed by atoms with Gasteiger partial charge in [-0.05, 0) is 24.3 Å². The first-order valence-electron chi connectivity index (χ1n) is 5.31. The Morgan fingerprint density at radius 1 is 1.38 bits per heavy atom. The summed E-state index contributed by atoms with van der Waals surface area (Å²) in [4.78, 5) is 2.01. The van der Waals surface area contributed by atoms with Crippen LogP contribution >= 0.6 is 0 Å². The summed E-state index contributed by atoms with van der Waals surface area (Å²) in [7, 11) is 1.93. The number of anilines is 1. The zero-order valence-corrected chi connectivity index (χ0v) is 9.32. The lowest BCUT2D eigenvalue weighted by Crippen LogP contribution is -2.52. The summed E-state index contributed by atoms with van der Waals surface area (Å²) in [6.07, 6.45) is 0. The summed E-state index contributed by atoms with van der Waals surface area (Å²) >= 11 is 0. The van der Waals surface area contributed by atoms with E-state index in [1.165, 1.54) is 12.1 Å². The number of halogens is 1. The predicted octanol–water partition coefficient (Wildman–Crippen LogP) is 1.27. The smallest absolute Gasteiger partial charge is 0.123 e. The summed E-state index contributed by atoms with van der Waals surface area (Å²) in [5.74, 6) is -0.235. The molecule has 1 heterocycles. The van der Waals surface area contributed by atoms with E-state index in [0.717, 1.165) is 12.2 Å². The quantitative estimate of drug-likeness (QED) is 0.837. The van der Waals surface area contributed by atoms with Crippen molar-refractivity contribution in [3.8, 4) is 0 Å². The van der Waals surface area contributed by atoms with Crippen molar-refractivity contribution in [2.45, 2.75) is 0 Å². The summed E-state index contributed by atoms with van der Waals surface area (Å²) < 4.78 is 17.9. The zero-order valence-electron chi connectivity index (χ0n) is 9.32. The van der Waals surface area contributed by atoms with Crippen molar-refractivity contribution in [3.63, 3.8) is 0 Å². The van der Waals surface area contributed by atoms with Crippen LogP contribution in [0.15, 0.2) is 24.3 Å². The van der Waals surface area contributed by atoms with Crippen LogP contribution in [0, 0.1) is 11.2 Å². The van der Waals surface area contributed by atoms with Gasteiger partial charge in [-0.1, -0.05) is 0 Å². The first kappa shape index (κ1) is 11.4. The Hall–Kier alpha value is -1.13. The molecule has 0 spiro atoms. The zero-order chi connectivity index (χ0) is 11.6. The molecule has 1 aromatic carbocycles. The van der Waals surface area contributed by atoms with Gasteiger partial charge >= 0.3 is 0 Å². The van der Waals surface area contributed by atoms with Gasteiger partial charge in [-0.15, -0.1) is 0 Å². The molecule has 16 heavy (non-hydrogen) atoms. The second-order valence-electron chi connectivity index (χ2n) is 4.48. The lowest BCUT2D eigenvalue weighted by Gasteiger charge is -2.42. The molecule has 0 saturated carbocycles. The molecule has 0 bridgehead atoms. The number of ether oxygens (including phenoxy) is 1. The van der Waals surface area contributed by atoms with E-state index in [1.54, 1.807) is 12.1 Å². The fourth-order valence-electron chi connectivity index (χ4n) is 1.91. The first-order valence-corrected chi connectivity index (χ1v) is 5.31. The van der Waals surface area contributed by atoms with Crippen LogP contribution in [0.5, 0.6) is 0 Å². The number of hydrogen-bond donors (Lipinski definition) is 1. The molecule has 0 aromatic heterocycles. The van der Waals surface area contributed by atoms with E-state index in [2.05, 4.69) is 0 Å². The van der Waals surface area contributed by atoms with E-state index in [9.17, 15) is 9.50 Å². The van der Waals surface area contributed by atoms with Crippen molar-refractivity contribution in [1.82, 2.24) is 0 Å². The Labute approximate surface area is 94.4 Å². The second-order valence-corrected chi connectivity index (χ2v) is 4.48. The predicted molar refractivity (Wildman–Crippen MR) is 60.0 cm³/mol. The largest absolute Gasteiger partial charge is 0.396 e. The van der Waals surface area contributed by atoms with E-state index in [-0.39, 0.29) is 17.8 Å². The van der Waals surface area contributed by atoms with E-state index in [1.807, 2.05) is 11.9 Å². The number of rotatable bonds is 4. The van der Waals surface area contributed by atoms with Gasteiger partial charge in [0.2, 0.25) is 0 Å². The fraction of sp³-hybridized carbons (Fsp3) is 0.500. The third-order valence-corrected chi connectivity index (χ3v) is 2.99. The molecule has 0 aliphatic carbocycles. The van der Waals surface area contributed by atoms with E-state index in [4.69, 9.17) is 4.74 Å². The SMILES string of the molecule is CN(CC1(CO)COC1)c1ccc(F)cc1. The molecule has 3 nitrogen and oxygen atoms in total. The average molecular weight is 225 g/mol. The van der Waals surface area contributed by atoms with E-state index in [0.29, 0.717) is 13.2 Å². The molecule has 0 atom stereocenters. The van der Waals surface area contributed by atoms with Crippen LogP contribution in [0.25, 0.3) is 0 Å². The Bertz CT molecular complexity index is 343. The van der Waals surface area contributed by atoms with Crippen molar-refractivity contribution in [3.05, 3.63) is 30.1 Å². The minimum Gasteiger partial charge on any atom is -0.396 e. The molecular weight excluding hydrogens is 209 g/mol. The Balaban J connectivity index is 2.02. The maximum absolute atomic E-state index is 12.8. The molecule has 1 aliphatic heterocycles. The van der Waals surface area contributed by atoms with Crippen LogP contribution in [0.4, 0.5) is 10.1 Å². The van der Waals surface area contributed by atoms with Crippen molar-refractivity contribution in [2.24, 2.45) is 5.41 Å². The topological polar surface area (TPSA) is 32.7 Å². The van der Waals surface area contributed by atoms with Gasteiger partial charge in [-0.2, -0.15) is 0 Å². The van der Waals surface area contributed by atoms with Gasteiger partial charge < -0.3 is 14.7 Å². The number of hydrogen-bond acceptors (Lipinski definition) is 3. The van der Waals surface area contributed by atoms with Crippen LogP contribution in [0.1, 0.15) is 0 Å². The third-order valence-electron chi connectivity index (χ3n) is 2.99. The molecular formula is C12H16FNO2. The number of nitrogens with zero attached hydrogens (tertiary/aromatic N) is 1. The summed E-state index contributed by atoms with van der Waals surface area (Å²) in [6, 6.07) is 6.35. The van der Waals surface area contributed by atoms with Gasteiger partial charge in [0.15, 0.2) is 0 Å². The van der Waals surface area contributed by atoms with Gasteiger partial charge in [0, 0.05) is 19.3 Å². The van der Waals surface area contributed by atoms with Crippen LogP contribution in [-0.4, -0.2) is 38.5 Å². The number of aliphatic hydroxyl groups excluding tert-OH is 1. The van der Waals surface area contributed by atoms with Gasteiger partial charge in [0.25, 0.3) is 0 Å². The molecule has 1 fully saturated rings. The molecule has 0 amide bonds. The maximum atomic E-state index is 12.8. The van der Waals surface area contributed by atoms with Crippen molar-refractivity contribution in [1.29, 1.82) is 0 Å². The van der Waals surface area contributed by atoms with Crippen molar-refractivity contribution < 1.29 is 14.2 Å². The van der Waals surface area contributed by atoms with Crippen LogP contribution < -0.4 is 4.90 Å². The molecule has 1 N–H and O–H groups in total. The minimum absolute atomic E-state index is 0.124. The molecule has 2 rings (SSSR count). The molecule has 1 aromatic rings. The monoisotopic (exact) mass is 225 g/mol. The van der Waals surface area contributed by atoms with Gasteiger partial charge in [0.1, 0.15) is 5.82 Å². The Morgan fingerprint density at radius 2 is 2.00 bits per heavy atom. The average Bonchev–Trinajstić information content (AvgIpc) is 2.24. The molecule has 1 saturated heterocycles. The fourth-order valence-corrected chi connectivity index (χ4v) is 1.91. The lowest BCUT2D eigenvalue weighted by atomic mass is 9.86. The van der Waals surface area contributed by atoms with Crippen molar-refractivity contribution in [2.75, 3.05) is 38.3 Å². The van der Waals surface area contributed by atoms with Gasteiger partial charge in [-0.3, -0.25) is 0 Å². The van der Waals surface area contributed by atoms with E-state index >= 15 is 0 Å². The molecule has 88 valence electrons. The van der Waals surface area contributed by atoms with E-state index < -0.39 is 0 Å². The van der Waals surface area contributed by atoms with Gasteiger partial charge in [-0.25, -0.2) is 4.39 Å². The molecule has 0 unspecified atom stereocenters. The highest BCUT2D eigenvalue weighted by molar-refractivity contribution is 5.45. The number of benzene rings is 1. The highest BCUT2D eigenvalue weighted by Gasteiger charge is 2.39. The number of aliphatic hydroxyl groups is 1.